The third-order valence-corrected chi connectivity index (χ3v) is 1.16. The molecule has 0 saturated carbocycles. The van der Waals surface area contributed by atoms with Gasteiger partial charge in [0.1, 0.15) is 0 Å². The molecule has 0 unspecified atom stereocenters. The molecule has 1 aliphatic carbocycles. The van der Waals surface area contributed by atoms with Crippen molar-refractivity contribution in [3.63, 3.8) is 0 Å². The molecule has 0 saturated heterocycles. The van der Waals surface area contributed by atoms with Crippen LogP contribution in [0.5, 0.6) is 0 Å². The second kappa shape index (κ2) is 3.91. The Morgan fingerprint density at radius 1 is 1.25 bits per heavy atom. The Hall–Kier alpha value is -0.0265. The zero-order chi connectivity index (χ0) is 5.11. The molecule has 0 atom stereocenters. The molecule has 0 aliphatic heterocycles. The molecule has 0 nitrogen and oxygen atoms in total. The molecule has 1 aliphatic rings. The van der Waals surface area contributed by atoms with Crippen molar-refractivity contribution in [3.8, 4) is 0 Å². The number of rotatable bonds is 1. The Morgan fingerprint density at radius 3 is 2.00 bits per heavy atom. The smallest absolute Gasteiger partial charge is 0 e. The SMILES string of the molecule is [CH2]CC1C=CC=C1.[Ni]. The zero-order valence-corrected chi connectivity index (χ0v) is 5.60. The van der Waals surface area contributed by atoms with E-state index in [0.29, 0.717) is 5.92 Å². The largest absolute Gasteiger partial charge is 0.0776 e. The van der Waals surface area contributed by atoms with E-state index in [2.05, 4.69) is 31.2 Å². The van der Waals surface area contributed by atoms with Gasteiger partial charge in [-0.2, -0.15) is 0 Å². The van der Waals surface area contributed by atoms with Gasteiger partial charge in [-0.25, -0.2) is 0 Å². The molecule has 8 heavy (non-hydrogen) atoms. The summed E-state index contributed by atoms with van der Waals surface area (Å²) in [5.41, 5.74) is 0. The molecule has 0 spiro atoms. The van der Waals surface area contributed by atoms with E-state index in [4.69, 9.17) is 0 Å². The molecule has 0 aromatic carbocycles. The predicted octanol–water partition coefficient (Wildman–Crippen LogP) is 1.95. The van der Waals surface area contributed by atoms with Crippen molar-refractivity contribution in [3.05, 3.63) is 31.2 Å². The monoisotopic (exact) mass is 151 g/mol. The van der Waals surface area contributed by atoms with E-state index >= 15 is 0 Å². The van der Waals surface area contributed by atoms with Crippen LogP contribution in [0.4, 0.5) is 0 Å². The summed E-state index contributed by atoms with van der Waals surface area (Å²) in [5.74, 6) is 0.625. The van der Waals surface area contributed by atoms with Gasteiger partial charge in [0, 0.05) is 16.5 Å². The van der Waals surface area contributed by atoms with Crippen LogP contribution < -0.4 is 0 Å². The van der Waals surface area contributed by atoms with Crippen LogP contribution in [0.2, 0.25) is 0 Å². The van der Waals surface area contributed by atoms with Crippen LogP contribution >= 0.6 is 0 Å². The fourth-order valence-corrected chi connectivity index (χ4v) is 0.670. The minimum absolute atomic E-state index is 0. The summed E-state index contributed by atoms with van der Waals surface area (Å²) < 4.78 is 0. The second-order valence-electron chi connectivity index (χ2n) is 1.72. The van der Waals surface area contributed by atoms with E-state index in [1.54, 1.807) is 0 Å². The van der Waals surface area contributed by atoms with Crippen LogP contribution in [0, 0.1) is 12.8 Å². The molecule has 47 valence electrons. The summed E-state index contributed by atoms with van der Waals surface area (Å²) in [7, 11) is 0. The predicted molar refractivity (Wildman–Crippen MR) is 31.7 cm³/mol. The van der Waals surface area contributed by atoms with E-state index in [-0.39, 0.29) is 16.5 Å². The molecule has 0 bridgehead atoms. The van der Waals surface area contributed by atoms with E-state index < -0.39 is 0 Å². The number of allylic oxidation sites excluding steroid dienone is 4. The third kappa shape index (κ3) is 1.83. The van der Waals surface area contributed by atoms with Crippen molar-refractivity contribution in [2.24, 2.45) is 5.92 Å². The van der Waals surface area contributed by atoms with Gasteiger partial charge in [0.05, 0.1) is 0 Å². The minimum Gasteiger partial charge on any atom is -0.0776 e. The zero-order valence-electron chi connectivity index (χ0n) is 4.62. The number of hydrogen-bond donors (Lipinski definition) is 0. The van der Waals surface area contributed by atoms with Crippen molar-refractivity contribution >= 4 is 0 Å². The normalized spacial score (nSPS) is 16.6. The van der Waals surface area contributed by atoms with Crippen LogP contribution in [-0.4, -0.2) is 0 Å². The Morgan fingerprint density at radius 2 is 1.75 bits per heavy atom. The summed E-state index contributed by atoms with van der Waals surface area (Å²) in [6, 6.07) is 0. The van der Waals surface area contributed by atoms with E-state index in [1.165, 1.54) is 0 Å². The van der Waals surface area contributed by atoms with E-state index in [1.807, 2.05) is 0 Å². The maximum absolute atomic E-state index is 3.77. The standard InChI is InChI=1S/C7H9.Ni/c1-2-7-5-3-4-6-7;/h3-7H,1-2H2;. The van der Waals surface area contributed by atoms with E-state index in [0.717, 1.165) is 6.42 Å². The Bertz CT molecular complexity index is 91.0. The molecule has 0 heterocycles. The number of hydrogen-bond acceptors (Lipinski definition) is 0. The van der Waals surface area contributed by atoms with Crippen LogP contribution in [0.15, 0.2) is 24.3 Å². The van der Waals surface area contributed by atoms with Gasteiger partial charge in [0.15, 0.2) is 0 Å². The van der Waals surface area contributed by atoms with Gasteiger partial charge in [-0.1, -0.05) is 31.2 Å². The molecule has 0 N–H and O–H groups in total. The van der Waals surface area contributed by atoms with Crippen molar-refractivity contribution < 1.29 is 16.5 Å². The molecule has 1 radical (unpaired) electrons. The summed E-state index contributed by atoms with van der Waals surface area (Å²) in [6.07, 6.45) is 9.44. The fourth-order valence-electron chi connectivity index (χ4n) is 0.670. The average Bonchev–Trinajstić information content (AvgIpc) is 2.14. The van der Waals surface area contributed by atoms with Crippen molar-refractivity contribution in [2.45, 2.75) is 6.42 Å². The third-order valence-electron chi connectivity index (χ3n) is 1.16. The maximum atomic E-state index is 3.77. The first-order valence-electron chi connectivity index (χ1n) is 2.57. The van der Waals surface area contributed by atoms with Gasteiger partial charge < -0.3 is 0 Å². The van der Waals surface area contributed by atoms with Crippen LogP contribution in [-0.2, 0) is 16.5 Å². The Kier molecular flexibility index (Phi) is 3.90. The van der Waals surface area contributed by atoms with Gasteiger partial charge in [0.2, 0.25) is 0 Å². The average molecular weight is 152 g/mol. The molecule has 1 heteroatoms. The van der Waals surface area contributed by atoms with Crippen molar-refractivity contribution in [2.75, 3.05) is 0 Å². The first-order valence-corrected chi connectivity index (χ1v) is 2.57. The van der Waals surface area contributed by atoms with Gasteiger partial charge in [-0.05, 0) is 12.3 Å². The molecular weight excluding hydrogens is 143 g/mol. The fraction of sp³-hybridized carbons (Fsp3) is 0.286. The minimum atomic E-state index is 0. The second-order valence-corrected chi connectivity index (χ2v) is 1.72. The molecule has 0 fully saturated rings. The summed E-state index contributed by atoms with van der Waals surface area (Å²) >= 11 is 0. The maximum Gasteiger partial charge on any atom is 0 e. The molecule has 0 aromatic rings. The summed E-state index contributed by atoms with van der Waals surface area (Å²) in [4.78, 5) is 0. The molecule has 0 aromatic heterocycles. The van der Waals surface area contributed by atoms with Crippen molar-refractivity contribution in [1.29, 1.82) is 0 Å². The topological polar surface area (TPSA) is 0 Å². The first kappa shape index (κ1) is 7.97. The van der Waals surface area contributed by atoms with Gasteiger partial charge in [-0.3, -0.25) is 0 Å². The van der Waals surface area contributed by atoms with Gasteiger partial charge in [0.25, 0.3) is 0 Å². The summed E-state index contributed by atoms with van der Waals surface area (Å²) in [6.45, 7) is 3.77. The molecule has 0 amide bonds. The molecule has 1 rings (SSSR count). The van der Waals surface area contributed by atoms with Crippen LogP contribution in [0.1, 0.15) is 6.42 Å². The molecular formula is C7H9Ni. The van der Waals surface area contributed by atoms with Gasteiger partial charge >= 0.3 is 0 Å². The Labute approximate surface area is 60.6 Å². The van der Waals surface area contributed by atoms with Crippen LogP contribution in [0.3, 0.4) is 0 Å². The Balaban J connectivity index is 0.000000490. The van der Waals surface area contributed by atoms with E-state index in [9.17, 15) is 0 Å². The summed E-state index contributed by atoms with van der Waals surface area (Å²) in [5, 5.41) is 0. The van der Waals surface area contributed by atoms with Gasteiger partial charge in [-0.15, -0.1) is 0 Å². The van der Waals surface area contributed by atoms with Crippen molar-refractivity contribution in [1.82, 2.24) is 0 Å². The quantitative estimate of drug-likeness (QED) is 0.503. The van der Waals surface area contributed by atoms with Crippen LogP contribution in [0.25, 0.3) is 0 Å². The first-order chi connectivity index (χ1) is 3.43.